The third-order valence-electron chi connectivity index (χ3n) is 13.7. The van der Waals surface area contributed by atoms with E-state index in [2.05, 4.69) is 142 Å². The Hall–Kier alpha value is -4.19. The summed E-state index contributed by atoms with van der Waals surface area (Å²) in [7, 11) is 0. The van der Waals surface area contributed by atoms with Crippen molar-refractivity contribution < 1.29 is 28.6 Å². The second-order valence-electron chi connectivity index (χ2n) is 21.3. The summed E-state index contributed by atoms with van der Waals surface area (Å²) in [5.41, 5.74) is 0. The fourth-order valence-electron chi connectivity index (χ4n) is 8.80. The number of esters is 3. The summed E-state index contributed by atoms with van der Waals surface area (Å²) in [5, 5.41) is 0. The number of rotatable bonds is 58. The molecule has 0 heterocycles. The molecule has 0 rings (SSSR count). The van der Waals surface area contributed by atoms with E-state index in [0.717, 1.165) is 116 Å². The highest BCUT2D eigenvalue weighted by atomic mass is 16.6. The highest BCUT2D eigenvalue weighted by Gasteiger charge is 2.19. The third-order valence-corrected chi connectivity index (χ3v) is 13.7. The number of unbranched alkanes of at least 4 members (excludes halogenated alkanes) is 27. The van der Waals surface area contributed by atoms with Gasteiger partial charge >= 0.3 is 17.9 Å². The molecule has 0 saturated heterocycles. The second kappa shape index (κ2) is 65.3. The van der Waals surface area contributed by atoms with Crippen molar-refractivity contribution in [1.82, 2.24) is 0 Å². The Morgan fingerprint density at radius 3 is 0.821 bits per heavy atom. The van der Waals surface area contributed by atoms with Gasteiger partial charge in [0.1, 0.15) is 13.2 Å². The van der Waals surface area contributed by atoms with Crippen molar-refractivity contribution >= 4 is 17.9 Å². The lowest BCUT2D eigenvalue weighted by Gasteiger charge is -2.18. The van der Waals surface area contributed by atoms with Crippen molar-refractivity contribution in [3.63, 3.8) is 0 Å². The predicted molar refractivity (Wildman–Crippen MR) is 339 cm³/mol. The maximum atomic E-state index is 12.9. The molecule has 0 N–H and O–H groups in total. The number of hydrogen-bond donors (Lipinski definition) is 0. The molecule has 0 aromatic carbocycles. The van der Waals surface area contributed by atoms with Crippen molar-refractivity contribution in [2.45, 2.75) is 303 Å². The number of hydrogen-bond acceptors (Lipinski definition) is 6. The number of allylic oxidation sites excluding steroid dienone is 20. The molecule has 0 aliphatic rings. The lowest BCUT2D eigenvalue weighted by Crippen LogP contribution is -2.30. The van der Waals surface area contributed by atoms with E-state index in [4.69, 9.17) is 14.2 Å². The molecule has 0 aromatic rings. The van der Waals surface area contributed by atoms with Crippen LogP contribution in [0, 0.1) is 0 Å². The molecule has 0 saturated carbocycles. The van der Waals surface area contributed by atoms with Gasteiger partial charge in [-0.3, -0.25) is 14.4 Å². The first kappa shape index (κ1) is 73.8. The van der Waals surface area contributed by atoms with Crippen molar-refractivity contribution in [2.75, 3.05) is 13.2 Å². The van der Waals surface area contributed by atoms with Crippen molar-refractivity contribution in [3.8, 4) is 0 Å². The lowest BCUT2D eigenvalue weighted by molar-refractivity contribution is -0.167. The molecule has 78 heavy (non-hydrogen) atoms. The normalized spacial score (nSPS) is 12.9. The van der Waals surface area contributed by atoms with Gasteiger partial charge in [-0.2, -0.15) is 0 Å². The van der Waals surface area contributed by atoms with Crippen LogP contribution < -0.4 is 0 Å². The topological polar surface area (TPSA) is 78.9 Å². The molecule has 0 spiro atoms. The molecule has 1 atom stereocenters. The van der Waals surface area contributed by atoms with Crippen molar-refractivity contribution in [1.29, 1.82) is 0 Å². The first-order valence-corrected chi connectivity index (χ1v) is 32.5. The molecule has 0 amide bonds. The SMILES string of the molecule is CC/C=C\C/C=C\C/C=C\C/C=C\C/C=C\C/C=C\CCCCC(=O)OCC(COC(=O)CCCCCCCCC/C=C\CCCCCCCCC)OC(=O)CCCCCCCC/C=C\C/C=C\C/C=C\CCCCCCC. The van der Waals surface area contributed by atoms with E-state index in [-0.39, 0.29) is 31.1 Å². The van der Waals surface area contributed by atoms with E-state index in [9.17, 15) is 14.4 Å². The number of carbonyl (C=O) groups excluding carboxylic acids is 3. The zero-order valence-corrected chi connectivity index (χ0v) is 50.9. The van der Waals surface area contributed by atoms with Crippen LogP contribution in [-0.2, 0) is 28.6 Å². The van der Waals surface area contributed by atoms with Crippen LogP contribution in [0.1, 0.15) is 297 Å². The van der Waals surface area contributed by atoms with Crippen LogP contribution >= 0.6 is 0 Å². The van der Waals surface area contributed by atoms with Crippen molar-refractivity contribution in [3.05, 3.63) is 122 Å². The van der Waals surface area contributed by atoms with Gasteiger partial charge in [-0.05, 0) is 135 Å². The Labute approximate surface area is 482 Å². The Morgan fingerprint density at radius 2 is 0.500 bits per heavy atom. The highest BCUT2D eigenvalue weighted by molar-refractivity contribution is 5.71. The van der Waals surface area contributed by atoms with Crippen LogP contribution in [0.4, 0.5) is 0 Å². The van der Waals surface area contributed by atoms with Gasteiger partial charge in [-0.25, -0.2) is 0 Å². The van der Waals surface area contributed by atoms with E-state index >= 15 is 0 Å². The van der Waals surface area contributed by atoms with Crippen LogP contribution in [0.3, 0.4) is 0 Å². The van der Waals surface area contributed by atoms with Crippen LogP contribution in [-0.4, -0.2) is 37.2 Å². The Morgan fingerprint density at radius 1 is 0.269 bits per heavy atom. The number of carbonyl (C=O) groups is 3. The lowest BCUT2D eigenvalue weighted by atomic mass is 10.1. The van der Waals surface area contributed by atoms with E-state index in [1.54, 1.807) is 0 Å². The summed E-state index contributed by atoms with van der Waals surface area (Å²) in [6.07, 6.45) is 90.5. The molecular formula is C72H120O6. The summed E-state index contributed by atoms with van der Waals surface area (Å²) >= 11 is 0. The molecular weight excluding hydrogens is 961 g/mol. The summed E-state index contributed by atoms with van der Waals surface area (Å²) in [4.78, 5) is 38.4. The molecule has 6 heteroatoms. The summed E-state index contributed by atoms with van der Waals surface area (Å²) < 4.78 is 16.9. The van der Waals surface area contributed by atoms with Crippen LogP contribution in [0.25, 0.3) is 0 Å². The van der Waals surface area contributed by atoms with Gasteiger partial charge in [-0.15, -0.1) is 0 Å². The molecule has 6 nitrogen and oxygen atoms in total. The van der Waals surface area contributed by atoms with Gasteiger partial charge in [0, 0.05) is 19.3 Å². The minimum atomic E-state index is -0.810. The molecule has 0 bridgehead atoms. The van der Waals surface area contributed by atoms with Gasteiger partial charge in [0.15, 0.2) is 6.10 Å². The maximum absolute atomic E-state index is 12.9. The molecule has 444 valence electrons. The molecule has 0 fully saturated rings. The molecule has 1 unspecified atom stereocenters. The fourth-order valence-corrected chi connectivity index (χ4v) is 8.80. The highest BCUT2D eigenvalue weighted by Crippen LogP contribution is 2.15. The Bertz CT molecular complexity index is 1620. The monoisotopic (exact) mass is 1080 g/mol. The summed E-state index contributed by atoms with van der Waals surface area (Å²) in [6.45, 7) is 6.48. The summed E-state index contributed by atoms with van der Waals surface area (Å²) in [5.74, 6) is -0.958. The van der Waals surface area contributed by atoms with Gasteiger partial charge < -0.3 is 14.2 Å². The Kier molecular flexibility index (Phi) is 61.8. The average Bonchev–Trinajstić information content (AvgIpc) is 3.44. The fraction of sp³-hybridized carbons (Fsp3) is 0.681. The second-order valence-corrected chi connectivity index (χ2v) is 21.3. The standard InChI is InChI=1S/C72H120O6/c1-4-7-10-13-16-19-22-25-28-31-34-36-38-41-44-47-50-53-56-59-62-65-71(74)77-68-69(67-76-70(73)64-61-58-55-52-49-46-43-40-33-30-27-24-21-18-15-12-9-6-3)78-72(75)66-63-60-57-54-51-48-45-42-39-37-35-32-29-26-23-20-17-14-11-8-5-2/h7,10,16,19,23,25-26,28,30,32-36,39,41-42,44,50,53,69H,4-6,8-9,11-15,17-18,20-22,24,27,29,31,37-38,40,43,45-49,51-52,54-68H2,1-3H3/b10-7-,19-16-,26-23-,28-25-,33-30-,35-32-,36-34-,42-39-,44-41-,53-50-. The quantitative estimate of drug-likeness (QED) is 0.0261. The zero-order valence-electron chi connectivity index (χ0n) is 50.9. The van der Waals surface area contributed by atoms with Gasteiger partial charge in [0.05, 0.1) is 0 Å². The van der Waals surface area contributed by atoms with Gasteiger partial charge in [0.2, 0.25) is 0 Å². The smallest absolute Gasteiger partial charge is 0.306 e. The van der Waals surface area contributed by atoms with Crippen molar-refractivity contribution in [2.24, 2.45) is 0 Å². The zero-order chi connectivity index (χ0) is 56.4. The summed E-state index contributed by atoms with van der Waals surface area (Å²) in [6, 6.07) is 0. The van der Waals surface area contributed by atoms with E-state index < -0.39 is 6.10 Å². The number of ether oxygens (including phenoxy) is 3. The van der Waals surface area contributed by atoms with Crippen LogP contribution in [0.5, 0.6) is 0 Å². The van der Waals surface area contributed by atoms with E-state index in [1.165, 1.54) is 135 Å². The largest absolute Gasteiger partial charge is 0.462 e. The first-order valence-electron chi connectivity index (χ1n) is 32.5. The Balaban J connectivity index is 4.51. The molecule has 0 aromatic heterocycles. The van der Waals surface area contributed by atoms with Gasteiger partial charge in [0.25, 0.3) is 0 Å². The first-order chi connectivity index (χ1) is 38.5. The predicted octanol–water partition coefficient (Wildman–Crippen LogP) is 22.4. The molecule has 0 radical (unpaired) electrons. The van der Waals surface area contributed by atoms with Crippen LogP contribution in [0.2, 0.25) is 0 Å². The maximum Gasteiger partial charge on any atom is 0.306 e. The van der Waals surface area contributed by atoms with E-state index in [0.29, 0.717) is 25.7 Å². The van der Waals surface area contributed by atoms with Gasteiger partial charge in [-0.1, -0.05) is 264 Å². The van der Waals surface area contributed by atoms with Crippen LogP contribution in [0.15, 0.2) is 122 Å². The third kappa shape index (κ3) is 62.7. The van der Waals surface area contributed by atoms with E-state index in [1.807, 2.05) is 0 Å². The molecule has 0 aliphatic heterocycles. The average molecular weight is 1080 g/mol. The minimum absolute atomic E-state index is 0.102. The minimum Gasteiger partial charge on any atom is -0.462 e. The molecule has 0 aliphatic carbocycles.